The van der Waals surface area contributed by atoms with Gasteiger partial charge in [0.15, 0.2) is 17.5 Å². The molecule has 186 valence electrons. The second kappa shape index (κ2) is 11.5. The fraction of sp³-hybridized carbons (Fsp3) is 0.400. The lowest BCUT2D eigenvalue weighted by Gasteiger charge is -2.23. The van der Waals surface area contributed by atoms with Crippen LogP contribution in [0.2, 0.25) is 0 Å². The molecule has 0 N–H and O–H groups in total. The summed E-state index contributed by atoms with van der Waals surface area (Å²) in [6.45, 7) is 10.9. The van der Waals surface area contributed by atoms with E-state index in [0.29, 0.717) is 17.5 Å². The van der Waals surface area contributed by atoms with Gasteiger partial charge in [-0.25, -0.2) is 15.0 Å². The fourth-order valence-electron chi connectivity index (χ4n) is 4.10. The Morgan fingerprint density at radius 3 is 1.67 bits per heavy atom. The number of aryl methyl sites for hydroxylation is 2. The predicted octanol–water partition coefficient (Wildman–Crippen LogP) is 7.18. The molecule has 6 heteroatoms. The standard InChI is InChI=1S/C30H36N6/c1-6-8-10-25-15-13-23(19-32-25)28-34-27(22-12-11-21(3)31-18-22)35-29(36-28)24-14-16-26(33-20-24)30(4,5)17-9-7-2/h11-16,18-20H,6-10,17H2,1-5H3. The fourth-order valence-corrected chi connectivity index (χ4v) is 4.10. The Morgan fingerprint density at radius 2 is 1.19 bits per heavy atom. The number of pyridine rings is 3. The van der Waals surface area contributed by atoms with Crippen molar-refractivity contribution in [2.24, 2.45) is 0 Å². The zero-order chi connectivity index (χ0) is 25.5. The van der Waals surface area contributed by atoms with Gasteiger partial charge in [-0.3, -0.25) is 15.0 Å². The molecule has 4 aromatic rings. The van der Waals surface area contributed by atoms with Gasteiger partial charge in [0.1, 0.15) is 0 Å². The first-order valence-electron chi connectivity index (χ1n) is 13.0. The highest BCUT2D eigenvalue weighted by Gasteiger charge is 2.22. The van der Waals surface area contributed by atoms with E-state index in [1.165, 1.54) is 12.8 Å². The normalized spacial score (nSPS) is 11.6. The smallest absolute Gasteiger partial charge is 0.165 e. The molecule has 0 aliphatic carbocycles. The van der Waals surface area contributed by atoms with Crippen molar-refractivity contribution >= 4 is 0 Å². The molecule has 6 nitrogen and oxygen atoms in total. The summed E-state index contributed by atoms with van der Waals surface area (Å²) in [5.41, 5.74) is 5.73. The van der Waals surface area contributed by atoms with Crippen molar-refractivity contribution in [3.8, 4) is 34.2 Å². The number of unbranched alkanes of at least 4 members (excludes halogenated alkanes) is 2. The van der Waals surface area contributed by atoms with Gasteiger partial charge in [-0.05, 0) is 62.6 Å². The summed E-state index contributed by atoms with van der Waals surface area (Å²) in [7, 11) is 0. The largest absolute Gasteiger partial charge is 0.261 e. The molecule has 0 aliphatic heterocycles. The van der Waals surface area contributed by atoms with Gasteiger partial charge in [0, 0.05) is 57.8 Å². The maximum Gasteiger partial charge on any atom is 0.165 e. The van der Waals surface area contributed by atoms with Crippen molar-refractivity contribution in [2.75, 3.05) is 0 Å². The monoisotopic (exact) mass is 480 g/mol. The molecule has 0 unspecified atom stereocenters. The molecule has 4 rings (SSSR count). The van der Waals surface area contributed by atoms with Crippen LogP contribution in [0.25, 0.3) is 34.2 Å². The summed E-state index contributed by atoms with van der Waals surface area (Å²) < 4.78 is 0. The molecular formula is C30H36N6. The van der Waals surface area contributed by atoms with Crippen molar-refractivity contribution in [1.82, 2.24) is 29.9 Å². The summed E-state index contributed by atoms with van der Waals surface area (Å²) >= 11 is 0. The van der Waals surface area contributed by atoms with Gasteiger partial charge < -0.3 is 0 Å². The van der Waals surface area contributed by atoms with Crippen LogP contribution in [0.3, 0.4) is 0 Å². The molecule has 4 heterocycles. The number of rotatable bonds is 10. The molecule has 0 spiro atoms. The highest BCUT2D eigenvalue weighted by Crippen LogP contribution is 2.29. The van der Waals surface area contributed by atoms with E-state index in [2.05, 4.69) is 55.9 Å². The van der Waals surface area contributed by atoms with Gasteiger partial charge in [-0.1, -0.05) is 47.0 Å². The minimum Gasteiger partial charge on any atom is -0.261 e. The molecule has 4 aromatic heterocycles. The molecule has 0 saturated carbocycles. The zero-order valence-corrected chi connectivity index (χ0v) is 22.1. The average Bonchev–Trinajstić information content (AvgIpc) is 2.91. The van der Waals surface area contributed by atoms with Crippen LogP contribution in [-0.4, -0.2) is 29.9 Å². The Hall–Kier alpha value is -3.54. The van der Waals surface area contributed by atoms with Gasteiger partial charge >= 0.3 is 0 Å². The molecule has 0 radical (unpaired) electrons. The number of hydrogen-bond acceptors (Lipinski definition) is 6. The van der Waals surface area contributed by atoms with Crippen molar-refractivity contribution in [1.29, 1.82) is 0 Å². The molecular weight excluding hydrogens is 444 g/mol. The molecule has 0 saturated heterocycles. The quantitative estimate of drug-likeness (QED) is 0.239. The van der Waals surface area contributed by atoms with Crippen molar-refractivity contribution < 1.29 is 0 Å². The van der Waals surface area contributed by atoms with Crippen LogP contribution in [-0.2, 0) is 11.8 Å². The molecule has 36 heavy (non-hydrogen) atoms. The summed E-state index contributed by atoms with van der Waals surface area (Å²) in [6, 6.07) is 12.2. The van der Waals surface area contributed by atoms with Crippen molar-refractivity contribution in [3.63, 3.8) is 0 Å². The van der Waals surface area contributed by atoms with Crippen LogP contribution < -0.4 is 0 Å². The van der Waals surface area contributed by atoms with E-state index in [-0.39, 0.29) is 5.41 Å². The van der Waals surface area contributed by atoms with Crippen LogP contribution in [0.1, 0.15) is 76.9 Å². The Balaban J connectivity index is 1.73. The van der Waals surface area contributed by atoms with Crippen molar-refractivity contribution in [3.05, 3.63) is 72.1 Å². The van der Waals surface area contributed by atoms with E-state index in [1.54, 1.807) is 0 Å². The van der Waals surface area contributed by atoms with Gasteiger partial charge in [-0.2, -0.15) is 0 Å². The Morgan fingerprint density at radius 1 is 0.639 bits per heavy atom. The Kier molecular flexibility index (Phi) is 8.14. The van der Waals surface area contributed by atoms with Gasteiger partial charge in [0.25, 0.3) is 0 Å². The Labute approximate surface area is 214 Å². The molecule has 0 amide bonds. The van der Waals surface area contributed by atoms with E-state index in [4.69, 9.17) is 19.9 Å². The topological polar surface area (TPSA) is 77.3 Å². The first-order chi connectivity index (χ1) is 17.4. The maximum atomic E-state index is 4.83. The van der Waals surface area contributed by atoms with E-state index < -0.39 is 0 Å². The molecule has 0 aliphatic rings. The van der Waals surface area contributed by atoms with E-state index in [9.17, 15) is 0 Å². The van der Waals surface area contributed by atoms with Gasteiger partial charge in [0.05, 0.1) is 0 Å². The second-order valence-electron chi connectivity index (χ2n) is 10.1. The number of hydrogen-bond donors (Lipinski definition) is 0. The summed E-state index contributed by atoms with van der Waals surface area (Å²) in [5.74, 6) is 1.78. The Bertz CT molecular complexity index is 1260. The van der Waals surface area contributed by atoms with Gasteiger partial charge in [0.2, 0.25) is 0 Å². The number of aromatic nitrogens is 6. The first-order valence-corrected chi connectivity index (χ1v) is 13.0. The lowest BCUT2D eigenvalue weighted by atomic mass is 9.83. The van der Waals surface area contributed by atoms with Crippen LogP contribution >= 0.6 is 0 Å². The molecule has 0 fully saturated rings. The molecule has 0 bridgehead atoms. The minimum atomic E-state index is 0.0305. The third kappa shape index (κ3) is 6.17. The highest BCUT2D eigenvalue weighted by molar-refractivity contribution is 5.65. The lowest BCUT2D eigenvalue weighted by molar-refractivity contribution is 0.446. The maximum absolute atomic E-state index is 4.83. The average molecular weight is 481 g/mol. The summed E-state index contributed by atoms with van der Waals surface area (Å²) in [5, 5.41) is 0. The summed E-state index contributed by atoms with van der Waals surface area (Å²) in [4.78, 5) is 28.3. The van der Waals surface area contributed by atoms with E-state index in [0.717, 1.165) is 59.5 Å². The number of nitrogens with zero attached hydrogens (tertiary/aromatic N) is 6. The van der Waals surface area contributed by atoms with Crippen LogP contribution in [0.5, 0.6) is 0 Å². The van der Waals surface area contributed by atoms with E-state index >= 15 is 0 Å². The molecule has 0 aromatic carbocycles. The third-order valence-electron chi connectivity index (χ3n) is 6.54. The van der Waals surface area contributed by atoms with Gasteiger partial charge in [-0.15, -0.1) is 0 Å². The first kappa shape index (κ1) is 25.5. The minimum absolute atomic E-state index is 0.0305. The van der Waals surface area contributed by atoms with Crippen molar-refractivity contribution in [2.45, 2.75) is 78.6 Å². The third-order valence-corrected chi connectivity index (χ3v) is 6.54. The highest BCUT2D eigenvalue weighted by atomic mass is 15.0. The zero-order valence-electron chi connectivity index (χ0n) is 22.1. The summed E-state index contributed by atoms with van der Waals surface area (Å²) in [6.07, 6.45) is 12.3. The van der Waals surface area contributed by atoms with Crippen LogP contribution in [0, 0.1) is 6.92 Å². The second-order valence-corrected chi connectivity index (χ2v) is 10.1. The van der Waals surface area contributed by atoms with Crippen LogP contribution in [0.4, 0.5) is 0 Å². The van der Waals surface area contributed by atoms with E-state index in [1.807, 2.05) is 43.7 Å². The lowest BCUT2D eigenvalue weighted by Crippen LogP contribution is -2.18. The predicted molar refractivity (Wildman–Crippen MR) is 145 cm³/mol. The molecule has 0 atom stereocenters. The van der Waals surface area contributed by atoms with Crippen LogP contribution in [0.15, 0.2) is 55.0 Å². The SMILES string of the molecule is CCCCc1ccc(-c2nc(-c3ccc(C)nc3)nc(-c3ccc(C(C)(C)CCCC)nc3)n2)cn1.